The third kappa shape index (κ3) is 4.19. The molecular formula is C19H19F3O6. The molecule has 1 aromatic rings. The summed E-state index contributed by atoms with van der Waals surface area (Å²) in [6, 6.07) is 7.64. The number of carbonyl (C=O) groups excluding carboxylic acids is 2. The van der Waals surface area contributed by atoms with Crippen molar-refractivity contribution in [3.8, 4) is 0 Å². The van der Waals surface area contributed by atoms with Gasteiger partial charge in [-0.1, -0.05) is 43.0 Å². The van der Waals surface area contributed by atoms with Crippen molar-refractivity contribution in [3.05, 3.63) is 60.4 Å². The van der Waals surface area contributed by atoms with Crippen LogP contribution >= 0.6 is 0 Å². The second-order valence-electron chi connectivity index (χ2n) is 5.88. The highest BCUT2D eigenvalue weighted by molar-refractivity contribution is 5.88. The highest BCUT2D eigenvalue weighted by atomic mass is 19.4. The molecule has 1 aliphatic heterocycles. The number of benzene rings is 1. The maximum atomic E-state index is 13.8. The zero-order valence-electron chi connectivity index (χ0n) is 14.9. The van der Waals surface area contributed by atoms with Gasteiger partial charge in [-0.3, -0.25) is 4.79 Å². The molecule has 28 heavy (non-hydrogen) atoms. The number of alkyl halides is 3. The molecule has 0 amide bonds. The van der Waals surface area contributed by atoms with Crippen molar-refractivity contribution in [2.45, 2.75) is 24.8 Å². The van der Waals surface area contributed by atoms with E-state index in [1.807, 2.05) is 0 Å². The van der Waals surface area contributed by atoms with E-state index in [1.54, 1.807) is 18.2 Å². The summed E-state index contributed by atoms with van der Waals surface area (Å²) in [6.45, 7) is 4.27. The Morgan fingerprint density at radius 3 is 2.46 bits per heavy atom. The van der Waals surface area contributed by atoms with Crippen LogP contribution in [0.25, 0.3) is 0 Å². The van der Waals surface area contributed by atoms with E-state index in [4.69, 9.17) is 9.47 Å². The zero-order valence-corrected chi connectivity index (χ0v) is 14.9. The first kappa shape index (κ1) is 21.5. The second kappa shape index (κ2) is 8.47. The summed E-state index contributed by atoms with van der Waals surface area (Å²) in [6.07, 6.45) is -3.18. The van der Waals surface area contributed by atoms with E-state index in [2.05, 4.69) is 11.3 Å². The van der Waals surface area contributed by atoms with Crippen molar-refractivity contribution in [1.82, 2.24) is 0 Å². The smallest absolute Gasteiger partial charge is 0.456 e. The summed E-state index contributed by atoms with van der Waals surface area (Å²) in [5, 5.41) is 10.4. The zero-order chi connectivity index (χ0) is 20.9. The molecule has 1 N–H and O–H groups in total. The first-order valence-electron chi connectivity index (χ1n) is 8.35. The fourth-order valence-electron chi connectivity index (χ4n) is 2.82. The highest BCUT2D eigenvalue weighted by Gasteiger charge is 2.68. The lowest BCUT2D eigenvalue weighted by Gasteiger charge is -2.42. The van der Waals surface area contributed by atoms with Gasteiger partial charge in [0.05, 0.1) is 6.61 Å². The molecule has 0 saturated carbocycles. The Labute approximate surface area is 159 Å². The van der Waals surface area contributed by atoms with Crippen LogP contribution in [0.15, 0.2) is 54.8 Å². The fraction of sp³-hybridized carbons (Fsp3) is 0.368. The molecule has 1 heterocycles. The largest absolute Gasteiger partial charge is 0.466 e. The van der Waals surface area contributed by atoms with Crippen LogP contribution in [-0.4, -0.2) is 42.2 Å². The van der Waals surface area contributed by atoms with Gasteiger partial charge in [0, 0.05) is 5.92 Å². The third-order valence-corrected chi connectivity index (χ3v) is 4.04. The molecule has 1 aromatic carbocycles. The summed E-state index contributed by atoms with van der Waals surface area (Å²) in [5.74, 6) is -10.9. The SMILES string of the molecule is C=CCOC(=O)C1=C[C@@H](c2ccccc2)[C@H](C(=O)OCC)[C@@](O)(C(F)(F)F)O1. The number of ether oxygens (including phenoxy) is 3. The average Bonchev–Trinajstić information content (AvgIpc) is 2.65. The molecule has 1 aliphatic rings. The van der Waals surface area contributed by atoms with Crippen LogP contribution in [0.4, 0.5) is 13.2 Å². The lowest BCUT2D eigenvalue weighted by Crippen LogP contribution is -2.60. The molecular weight excluding hydrogens is 381 g/mol. The van der Waals surface area contributed by atoms with E-state index in [0.29, 0.717) is 0 Å². The normalized spacial score (nSPS) is 24.5. The van der Waals surface area contributed by atoms with Gasteiger partial charge in [0.25, 0.3) is 0 Å². The van der Waals surface area contributed by atoms with Crippen molar-refractivity contribution in [3.63, 3.8) is 0 Å². The molecule has 6 nitrogen and oxygen atoms in total. The Kier molecular flexibility index (Phi) is 6.50. The Morgan fingerprint density at radius 1 is 1.29 bits per heavy atom. The van der Waals surface area contributed by atoms with E-state index < -0.39 is 41.5 Å². The van der Waals surface area contributed by atoms with Crippen LogP contribution in [0.1, 0.15) is 18.4 Å². The predicted molar refractivity (Wildman–Crippen MR) is 90.6 cm³/mol. The summed E-state index contributed by atoms with van der Waals surface area (Å²) >= 11 is 0. The van der Waals surface area contributed by atoms with Crippen molar-refractivity contribution in [2.24, 2.45) is 5.92 Å². The average molecular weight is 400 g/mol. The Hall–Kier alpha value is -2.81. The molecule has 0 radical (unpaired) electrons. The number of hydrogen-bond acceptors (Lipinski definition) is 6. The minimum absolute atomic E-state index is 0.206. The number of rotatable bonds is 6. The molecule has 0 unspecified atom stereocenters. The molecule has 0 fully saturated rings. The Bertz CT molecular complexity index is 759. The highest BCUT2D eigenvalue weighted by Crippen LogP contribution is 2.49. The van der Waals surface area contributed by atoms with Crippen molar-refractivity contribution in [1.29, 1.82) is 0 Å². The monoisotopic (exact) mass is 400 g/mol. The van der Waals surface area contributed by atoms with Gasteiger partial charge in [-0.05, 0) is 18.6 Å². The van der Waals surface area contributed by atoms with E-state index in [1.165, 1.54) is 25.1 Å². The molecule has 0 spiro atoms. The van der Waals surface area contributed by atoms with E-state index in [-0.39, 0.29) is 18.8 Å². The summed E-state index contributed by atoms with van der Waals surface area (Å²) in [7, 11) is 0. The van der Waals surface area contributed by atoms with Gasteiger partial charge in [0.1, 0.15) is 12.5 Å². The van der Waals surface area contributed by atoms with Gasteiger partial charge in [0.2, 0.25) is 5.76 Å². The molecule has 0 aliphatic carbocycles. The van der Waals surface area contributed by atoms with Crippen molar-refractivity contribution >= 4 is 11.9 Å². The lowest BCUT2D eigenvalue weighted by atomic mass is 9.78. The molecule has 3 atom stereocenters. The van der Waals surface area contributed by atoms with Crippen LogP contribution in [0, 0.1) is 5.92 Å². The number of esters is 2. The molecule has 2 rings (SSSR count). The standard InChI is InChI=1S/C19H19F3O6/c1-3-10-27-16(23)14-11-13(12-8-6-5-7-9-12)15(17(24)26-4-2)18(25,28-14)19(20,21)22/h3,5-9,11,13,15,25H,1,4,10H2,2H3/t13-,15+,18-/m0/s1. The number of hydrogen-bond donors (Lipinski definition) is 1. The molecule has 0 saturated heterocycles. The minimum atomic E-state index is -5.41. The second-order valence-corrected chi connectivity index (χ2v) is 5.88. The number of allylic oxidation sites excluding steroid dienone is 1. The quantitative estimate of drug-likeness (QED) is 0.584. The summed E-state index contributed by atoms with van der Waals surface area (Å²) in [5.41, 5.74) is 0.251. The Balaban J connectivity index is 2.63. The van der Waals surface area contributed by atoms with Crippen LogP contribution in [0.5, 0.6) is 0 Å². The minimum Gasteiger partial charge on any atom is -0.466 e. The summed E-state index contributed by atoms with van der Waals surface area (Å²) in [4.78, 5) is 24.5. The van der Waals surface area contributed by atoms with Gasteiger partial charge in [-0.15, -0.1) is 0 Å². The van der Waals surface area contributed by atoms with Gasteiger partial charge in [0.15, 0.2) is 0 Å². The maximum absolute atomic E-state index is 13.8. The molecule has 9 heteroatoms. The fourth-order valence-corrected chi connectivity index (χ4v) is 2.82. The van der Waals surface area contributed by atoms with Crippen molar-refractivity contribution in [2.75, 3.05) is 13.2 Å². The number of aliphatic hydroxyl groups is 1. The van der Waals surface area contributed by atoms with Gasteiger partial charge in [-0.2, -0.15) is 13.2 Å². The number of carbonyl (C=O) groups is 2. The van der Waals surface area contributed by atoms with E-state index in [9.17, 15) is 27.9 Å². The van der Waals surface area contributed by atoms with E-state index in [0.717, 1.165) is 6.08 Å². The molecule has 0 aromatic heterocycles. The van der Waals surface area contributed by atoms with E-state index >= 15 is 0 Å². The first-order valence-corrected chi connectivity index (χ1v) is 8.35. The van der Waals surface area contributed by atoms with Gasteiger partial charge < -0.3 is 19.3 Å². The van der Waals surface area contributed by atoms with Crippen LogP contribution in [0.2, 0.25) is 0 Å². The van der Waals surface area contributed by atoms with Crippen LogP contribution in [0.3, 0.4) is 0 Å². The van der Waals surface area contributed by atoms with Crippen molar-refractivity contribution < 1.29 is 42.1 Å². The topological polar surface area (TPSA) is 82.1 Å². The van der Waals surface area contributed by atoms with Crippen LogP contribution in [-0.2, 0) is 23.8 Å². The predicted octanol–water partition coefficient (Wildman–Crippen LogP) is 2.84. The third-order valence-electron chi connectivity index (χ3n) is 4.04. The Morgan fingerprint density at radius 2 is 1.93 bits per heavy atom. The van der Waals surface area contributed by atoms with Gasteiger partial charge in [-0.25, -0.2) is 4.79 Å². The summed E-state index contributed by atoms with van der Waals surface area (Å²) < 4.78 is 55.4. The van der Waals surface area contributed by atoms with Gasteiger partial charge >= 0.3 is 23.9 Å². The maximum Gasteiger partial charge on any atom is 0.456 e. The number of halogens is 3. The molecule has 0 bridgehead atoms. The van der Waals surface area contributed by atoms with Crippen LogP contribution < -0.4 is 0 Å². The first-order chi connectivity index (χ1) is 13.2. The molecule has 152 valence electrons. The lowest BCUT2D eigenvalue weighted by molar-refractivity contribution is -0.375.